The van der Waals surface area contributed by atoms with Crippen LogP contribution in [-0.2, 0) is 6.54 Å². The molecule has 0 spiro atoms. The van der Waals surface area contributed by atoms with Crippen molar-refractivity contribution in [3.63, 3.8) is 0 Å². The van der Waals surface area contributed by atoms with Gasteiger partial charge in [0.05, 0.1) is 5.02 Å². The third kappa shape index (κ3) is 2.82. The highest BCUT2D eigenvalue weighted by atomic mass is 35.5. The van der Waals surface area contributed by atoms with Gasteiger partial charge in [0, 0.05) is 12.6 Å². The van der Waals surface area contributed by atoms with E-state index in [0.29, 0.717) is 11.1 Å². The molecule has 2 aromatic carbocycles. The second-order valence-corrected chi connectivity index (χ2v) is 5.73. The van der Waals surface area contributed by atoms with Gasteiger partial charge in [0.1, 0.15) is 5.75 Å². The van der Waals surface area contributed by atoms with Gasteiger partial charge in [-0.05, 0) is 42.6 Å². The summed E-state index contributed by atoms with van der Waals surface area (Å²) in [5.74, 6) is 0.149. The minimum Gasteiger partial charge on any atom is -0.506 e. The van der Waals surface area contributed by atoms with Gasteiger partial charge in [-0.3, -0.25) is 4.90 Å². The lowest BCUT2D eigenvalue weighted by Crippen LogP contribution is -2.22. The summed E-state index contributed by atoms with van der Waals surface area (Å²) in [6.45, 7) is 1.98. The van der Waals surface area contributed by atoms with Crippen molar-refractivity contribution in [3.8, 4) is 5.75 Å². The molecule has 0 bridgehead atoms. The van der Waals surface area contributed by atoms with E-state index in [-0.39, 0.29) is 5.75 Å². The molecule has 3 rings (SSSR count). The van der Waals surface area contributed by atoms with E-state index in [9.17, 15) is 5.11 Å². The Morgan fingerprint density at radius 1 is 1.15 bits per heavy atom. The summed E-state index contributed by atoms with van der Waals surface area (Å²) in [6, 6.07) is 16.6. The quantitative estimate of drug-likeness (QED) is 0.905. The molecule has 1 heterocycles. The van der Waals surface area contributed by atoms with Crippen LogP contribution in [0.15, 0.2) is 48.5 Å². The maximum absolute atomic E-state index is 9.49. The lowest BCUT2D eigenvalue weighted by Gasteiger charge is -2.25. The van der Waals surface area contributed by atoms with Gasteiger partial charge in [-0.1, -0.05) is 48.0 Å². The Kier molecular flexibility index (Phi) is 3.95. The monoisotopic (exact) mass is 287 g/mol. The molecule has 20 heavy (non-hydrogen) atoms. The fourth-order valence-corrected chi connectivity index (χ4v) is 3.15. The highest BCUT2D eigenvalue weighted by Crippen LogP contribution is 2.33. The number of nitrogens with zero attached hydrogens (tertiary/aromatic N) is 1. The second kappa shape index (κ2) is 5.86. The molecule has 0 aliphatic carbocycles. The highest BCUT2D eigenvalue weighted by molar-refractivity contribution is 6.32. The average Bonchev–Trinajstić information content (AvgIpc) is 2.92. The Morgan fingerprint density at radius 3 is 2.70 bits per heavy atom. The molecule has 1 saturated heterocycles. The molecule has 104 valence electrons. The third-order valence-electron chi connectivity index (χ3n) is 3.95. The minimum atomic E-state index is 0.149. The number of benzene rings is 2. The van der Waals surface area contributed by atoms with Gasteiger partial charge >= 0.3 is 0 Å². The van der Waals surface area contributed by atoms with E-state index in [4.69, 9.17) is 11.6 Å². The number of hydrogen-bond acceptors (Lipinski definition) is 2. The van der Waals surface area contributed by atoms with Crippen LogP contribution in [0.2, 0.25) is 5.02 Å². The van der Waals surface area contributed by atoms with E-state index in [2.05, 4.69) is 35.2 Å². The Labute approximate surface area is 124 Å². The van der Waals surface area contributed by atoms with E-state index in [1.165, 1.54) is 18.4 Å². The smallest absolute Gasteiger partial charge is 0.134 e. The summed E-state index contributed by atoms with van der Waals surface area (Å²) in [5.41, 5.74) is 2.53. The zero-order valence-corrected chi connectivity index (χ0v) is 12.1. The zero-order valence-electron chi connectivity index (χ0n) is 11.3. The minimum absolute atomic E-state index is 0.149. The SMILES string of the molecule is Oc1ccc(CN2CCCC2c2ccccc2)cc1Cl. The summed E-state index contributed by atoms with van der Waals surface area (Å²) < 4.78 is 0. The van der Waals surface area contributed by atoms with E-state index in [0.717, 1.165) is 18.7 Å². The number of halogens is 1. The zero-order chi connectivity index (χ0) is 13.9. The van der Waals surface area contributed by atoms with Crippen LogP contribution in [0.3, 0.4) is 0 Å². The number of phenols is 1. The highest BCUT2D eigenvalue weighted by Gasteiger charge is 2.25. The Hall–Kier alpha value is -1.51. The average molecular weight is 288 g/mol. The number of hydrogen-bond donors (Lipinski definition) is 1. The van der Waals surface area contributed by atoms with Crippen molar-refractivity contribution in [3.05, 3.63) is 64.7 Å². The van der Waals surface area contributed by atoms with Crippen LogP contribution in [0.1, 0.15) is 30.0 Å². The topological polar surface area (TPSA) is 23.5 Å². The van der Waals surface area contributed by atoms with Crippen LogP contribution in [0, 0.1) is 0 Å². The summed E-state index contributed by atoms with van der Waals surface area (Å²) in [6.07, 6.45) is 2.43. The first-order valence-electron chi connectivity index (χ1n) is 7.00. The lowest BCUT2D eigenvalue weighted by molar-refractivity contribution is 0.248. The predicted octanol–water partition coefficient (Wildman–Crippen LogP) is 4.38. The Bertz CT molecular complexity index is 585. The molecular formula is C17H18ClNO. The fourth-order valence-electron chi connectivity index (χ4n) is 2.95. The van der Waals surface area contributed by atoms with Crippen LogP contribution < -0.4 is 0 Å². The lowest BCUT2D eigenvalue weighted by atomic mass is 10.0. The Balaban J connectivity index is 1.77. The molecule has 1 aliphatic rings. The molecule has 1 N–H and O–H groups in total. The standard InChI is InChI=1S/C17H18ClNO/c18-15-11-13(8-9-17(15)20)12-19-10-4-7-16(19)14-5-2-1-3-6-14/h1-3,5-6,8-9,11,16,20H,4,7,10,12H2. The van der Waals surface area contributed by atoms with E-state index in [1.54, 1.807) is 6.07 Å². The van der Waals surface area contributed by atoms with E-state index in [1.807, 2.05) is 12.1 Å². The van der Waals surface area contributed by atoms with Gasteiger partial charge in [0.15, 0.2) is 0 Å². The predicted molar refractivity (Wildman–Crippen MR) is 81.9 cm³/mol. The summed E-state index contributed by atoms with van der Waals surface area (Å²) in [4.78, 5) is 2.48. The molecule has 1 atom stereocenters. The van der Waals surface area contributed by atoms with Crippen molar-refractivity contribution in [1.29, 1.82) is 0 Å². The molecule has 0 amide bonds. The number of rotatable bonds is 3. The van der Waals surface area contributed by atoms with Gasteiger partial charge in [0.2, 0.25) is 0 Å². The van der Waals surface area contributed by atoms with Crippen molar-refractivity contribution in [2.75, 3.05) is 6.54 Å². The van der Waals surface area contributed by atoms with Gasteiger partial charge < -0.3 is 5.11 Å². The molecule has 1 fully saturated rings. The summed E-state index contributed by atoms with van der Waals surface area (Å²) in [7, 11) is 0. The molecule has 1 aliphatic heterocycles. The Morgan fingerprint density at radius 2 is 1.95 bits per heavy atom. The normalized spacial score (nSPS) is 19.4. The summed E-state index contributed by atoms with van der Waals surface area (Å²) in [5, 5.41) is 9.92. The third-order valence-corrected chi connectivity index (χ3v) is 4.25. The molecule has 2 aromatic rings. The van der Waals surface area contributed by atoms with Crippen molar-refractivity contribution >= 4 is 11.6 Å². The first-order chi connectivity index (χ1) is 9.74. The number of phenolic OH excluding ortho intramolecular Hbond substituents is 1. The molecule has 3 heteroatoms. The molecule has 1 unspecified atom stereocenters. The molecule has 0 aromatic heterocycles. The molecule has 2 nitrogen and oxygen atoms in total. The summed E-state index contributed by atoms with van der Waals surface area (Å²) >= 11 is 5.98. The van der Waals surface area contributed by atoms with Crippen molar-refractivity contribution in [2.45, 2.75) is 25.4 Å². The van der Waals surface area contributed by atoms with Gasteiger partial charge in [-0.2, -0.15) is 0 Å². The second-order valence-electron chi connectivity index (χ2n) is 5.32. The fraction of sp³-hybridized carbons (Fsp3) is 0.294. The van der Waals surface area contributed by atoms with Gasteiger partial charge in [-0.15, -0.1) is 0 Å². The van der Waals surface area contributed by atoms with E-state index >= 15 is 0 Å². The van der Waals surface area contributed by atoms with Crippen LogP contribution in [0.4, 0.5) is 0 Å². The first kappa shape index (κ1) is 13.5. The van der Waals surface area contributed by atoms with Crippen molar-refractivity contribution < 1.29 is 5.11 Å². The number of aromatic hydroxyl groups is 1. The van der Waals surface area contributed by atoms with Crippen LogP contribution in [0.5, 0.6) is 5.75 Å². The first-order valence-corrected chi connectivity index (χ1v) is 7.38. The van der Waals surface area contributed by atoms with Crippen LogP contribution in [-0.4, -0.2) is 16.6 Å². The molecule has 0 saturated carbocycles. The van der Waals surface area contributed by atoms with E-state index < -0.39 is 0 Å². The number of likely N-dealkylation sites (tertiary alicyclic amines) is 1. The largest absolute Gasteiger partial charge is 0.506 e. The molecule has 0 radical (unpaired) electrons. The van der Waals surface area contributed by atoms with Crippen LogP contribution >= 0.6 is 11.6 Å². The van der Waals surface area contributed by atoms with Gasteiger partial charge in [-0.25, -0.2) is 0 Å². The van der Waals surface area contributed by atoms with Crippen LogP contribution in [0.25, 0.3) is 0 Å². The maximum Gasteiger partial charge on any atom is 0.134 e. The van der Waals surface area contributed by atoms with Crippen molar-refractivity contribution in [2.24, 2.45) is 0 Å². The van der Waals surface area contributed by atoms with Gasteiger partial charge in [0.25, 0.3) is 0 Å². The van der Waals surface area contributed by atoms with Crippen molar-refractivity contribution in [1.82, 2.24) is 4.90 Å². The molecular weight excluding hydrogens is 270 g/mol. The maximum atomic E-state index is 9.49.